The molecule has 1 heterocycles. The second-order valence-electron chi connectivity index (χ2n) is 3.55. The van der Waals surface area contributed by atoms with E-state index in [1.165, 1.54) is 24.4 Å². The van der Waals surface area contributed by atoms with Gasteiger partial charge in [-0.05, 0) is 12.1 Å². The molecule has 5 heteroatoms. The summed E-state index contributed by atoms with van der Waals surface area (Å²) in [6, 6.07) is 7.41. The van der Waals surface area contributed by atoms with Gasteiger partial charge in [0, 0.05) is 17.3 Å². The molecule has 0 spiro atoms. The highest BCUT2D eigenvalue weighted by molar-refractivity contribution is 6.30. The molecule has 1 aromatic heterocycles. The molecule has 1 aromatic carbocycles. The Morgan fingerprint density at radius 3 is 2.71 bits per heavy atom. The van der Waals surface area contributed by atoms with Gasteiger partial charge in [-0.25, -0.2) is 9.37 Å². The van der Waals surface area contributed by atoms with Crippen molar-refractivity contribution in [3.05, 3.63) is 58.5 Å². The van der Waals surface area contributed by atoms with Crippen molar-refractivity contribution >= 4 is 17.4 Å². The Hall–Kier alpha value is -1.65. The smallest absolute Gasteiger partial charge is 0.129 e. The fourth-order valence-electron chi connectivity index (χ4n) is 1.55. The summed E-state index contributed by atoms with van der Waals surface area (Å²) in [5.41, 5.74) is 6.06. The van der Waals surface area contributed by atoms with Gasteiger partial charge in [-0.3, -0.25) is 0 Å². The predicted molar refractivity (Wildman–Crippen MR) is 64.1 cm³/mol. The number of aliphatic hydroxyl groups is 1. The summed E-state index contributed by atoms with van der Waals surface area (Å²) in [5.74, 6) is -0.371. The Labute approximate surface area is 103 Å². The van der Waals surface area contributed by atoms with E-state index in [1.807, 2.05) is 0 Å². The number of pyridine rings is 1. The molecule has 0 aliphatic carbocycles. The first kappa shape index (κ1) is 11.8. The maximum Gasteiger partial charge on any atom is 0.129 e. The van der Waals surface area contributed by atoms with E-state index in [9.17, 15) is 9.50 Å². The lowest BCUT2D eigenvalue weighted by Gasteiger charge is -2.14. The minimum absolute atomic E-state index is 0.130. The number of halogens is 2. The largest absolute Gasteiger partial charge is 0.383 e. The lowest BCUT2D eigenvalue weighted by Crippen LogP contribution is -2.07. The molecular formula is C12H10ClFN2O. The van der Waals surface area contributed by atoms with E-state index in [-0.39, 0.29) is 11.4 Å². The van der Waals surface area contributed by atoms with Gasteiger partial charge in [0.25, 0.3) is 0 Å². The van der Waals surface area contributed by atoms with Crippen molar-refractivity contribution in [1.82, 2.24) is 4.98 Å². The quantitative estimate of drug-likeness (QED) is 0.864. The first-order valence-electron chi connectivity index (χ1n) is 4.93. The minimum Gasteiger partial charge on any atom is -0.383 e. The fourth-order valence-corrected chi connectivity index (χ4v) is 1.72. The van der Waals surface area contributed by atoms with Crippen LogP contribution in [-0.4, -0.2) is 10.1 Å². The number of anilines is 1. The SMILES string of the molecule is Nc1ncc(Cl)cc1C(O)c1ccccc1F. The minimum atomic E-state index is -1.18. The van der Waals surface area contributed by atoms with Gasteiger partial charge < -0.3 is 10.8 Å². The second-order valence-corrected chi connectivity index (χ2v) is 3.99. The van der Waals surface area contributed by atoms with E-state index in [4.69, 9.17) is 17.3 Å². The molecule has 0 radical (unpaired) electrons. The summed E-state index contributed by atoms with van der Waals surface area (Å²) >= 11 is 5.77. The Morgan fingerprint density at radius 2 is 2.00 bits per heavy atom. The molecule has 3 nitrogen and oxygen atoms in total. The van der Waals surface area contributed by atoms with Crippen molar-refractivity contribution in [2.75, 3.05) is 5.73 Å². The van der Waals surface area contributed by atoms with Crippen LogP contribution in [0.15, 0.2) is 36.5 Å². The molecule has 0 saturated carbocycles. The number of nitrogens with two attached hydrogens (primary N) is 1. The standard InChI is InChI=1S/C12H10ClFN2O/c13-7-5-9(12(15)16-6-7)11(17)8-3-1-2-4-10(8)14/h1-6,11,17H,(H2,15,16). The summed E-state index contributed by atoms with van der Waals surface area (Å²) < 4.78 is 13.5. The van der Waals surface area contributed by atoms with Crippen LogP contribution in [-0.2, 0) is 0 Å². The van der Waals surface area contributed by atoms with E-state index in [1.54, 1.807) is 12.1 Å². The Balaban J connectivity index is 2.47. The average Bonchev–Trinajstić information content (AvgIpc) is 2.32. The van der Waals surface area contributed by atoms with Crippen LogP contribution >= 0.6 is 11.6 Å². The van der Waals surface area contributed by atoms with E-state index in [2.05, 4.69) is 4.98 Å². The molecule has 2 aromatic rings. The monoisotopic (exact) mass is 252 g/mol. The van der Waals surface area contributed by atoms with E-state index in [0.717, 1.165) is 0 Å². The maximum atomic E-state index is 13.5. The van der Waals surface area contributed by atoms with Crippen molar-refractivity contribution in [1.29, 1.82) is 0 Å². The van der Waals surface area contributed by atoms with Crippen LogP contribution < -0.4 is 5.73 Å². The summed E-state index contributed by atoms with van der Waals surface area (Å²) in [6.45, 7) is 0. The maximum absolute atomic E-state index is 13.5. The summed E-state index contributed by atoms with van der Waals surface area (Å²) in [4.78, 5) is 3.82. The molecule has 0 amide bonds. The summed E-state index contributed by atoms with van der Waals surface area (Å²) in [7, 11) is 0. The molecule has 1 unspecified atom stereocenters. The van der Waals surface area contributed by atoms with Gasteiger partial charge in [0.05, 0.1) is 5.02 Å². The Morgan fingerprint density at radius 1 is 1.29 bits per heavy atom. The number of benzene rings is 1. The molecule has 0 fully saturated rings. The van der Waals surface area contributed by atoms with Gasteiger partial charge in [0.1, 0.15) is 17.7 Å². The number of aliphatic hydroxyl groups excluding tert-OH is 1. The molecule has 1 atom stereocenters. The van der Waals surface area contributed by atoms with E-state index in [0.29, 0.717) is 10.6 Å². The van der Waals surface area contributed by atoms with Crippen LogP contribution in [0.25, 0.3) is 0 Å². The molecule has 0 aliphatic heterocycles. The van der Waals surface area contributed by atoms with Crippen LogP contribution in [0.5, 0.6) is 0 Å². The van der Waals surface area contributed by atoms with E-state index < -0.39 is 11.9 Å². The van der Waals surface area contributed by atoms with Gasteiger partial charge >= 0.3 is 0 Å². The van der Waals surface area contributed by atoms with Gasteiger partial charge in [-0.1, -0.05) is 29.8 Å². The number of aromatic nitrogens is 1. The van der Waals surface area contributed by atoms with Gasteiger partial charge in [-0.15, -0.1) is 0 Å². The fraction of sp³-hybridized carbons (Fsp3) is 0.0833. The molecule has 0 aliphatic rings. The van der Waals surface area contributed by atoms with Gasteiger partial charge in [-0.2, -0.15) is 0 Å². The molecule has 17 heavy (non-hydrogen) atoms. The number of hydrogen-bond donors (Lipinski definition) is 2. The van der Waals surface area contributed by atoms with Gasteiger partial charge in [0.15, 0.2) is 0 Å². The highest BCUT2D eigenvalue weighted by atomic mass is 35.5. The third-order valence-electron chi connectivity index (χ3n) is 2.41. The second kappa shape index (κ2) is 4.69. The lowest BCUT2D eigenvalue weighted by molar-refractivity contribution is 0.215. The van der Waals surface area contributed by atoms with Crippen molar-refractivity contribution in [3.8, 4) is 0 Å². The number of nitrogens with zero attached hydrogens (tertiary/aromatic N) is 1. The lowest BCUT2D eigenvalue weighted by atomic mass is 10.0. The third-order valence-corrected chi connectivity index (χ3v) is 2.62. The Bertz CT molecular complexity index is 548. The zero-order valence-electron chi connectivity index (χ0n) is 8.77. The summed E-state index contributed by atoms with van der Waals surface area (Å²) in [6.07, 6.45) is 0.191. The van der Waals surface area contributed by atoms with Crippen LogP contribution in [0.1, 0.15) is 17.2 Å². The van der Waals surface area contributed by atoms with Crippen molar-refractivity contribution in [2.24, 2.45) is 0 Å². The Kier molecular flexibility index (Phi) is 3.26. The molecule has 3 N–H and O–H groups in total. The summed E-state index contributed by atoms with van der Waals surface area (Å²) in [5, 5.41) is 10.4. The van der Waals surface area contributed by atoms with Crippen LogP contribution in [0.4, 0.5) is 10.2 Å². The van der Waals surface area contributed by atoms with Crippen LogP contribution in [0, 0.1) is 5.82 Å². The topological polar surface area (TPSA) is 59.1 Å². The average molecular weight is 253 g/mol. The first-order chi connectivity index (χ1) is 8.09. The molecule has 88 valence electrons. The highest BCUT2D eigenvalue weighted by Gasteiger charge is 2.17. The third kappa shape index (κ3) is 2.38. The first-order valence-corrected chi connectivity index (χ1v) is 5.31. The zero-order chi connectivity index (χ0) is 12.4. The van der Waals surface area contributed by atoms with Crippen molar-refractivity contribution < 1.29 is 9.50 Å². The molecule has 0 bridgehead atoms. The van der Waals surface area contributed by atoms with Crippen molar-refractivity contribution in [3.63, 3.8) is 0 Å². The number of rotatable bonds is 2. The highest BCUT2D eigenvalue weighted by Crippen LogP contribution is 2.28. The number of nitrogen functional groups attached to an aromatic ring is 1. The molecule has 2 rings (SSSR count). The van der Waals surface area contributed by atoms with Crippen LogP contribution in [0.3, 0.4) is 0 Å². The zero-order valence-corrected chi connectivity index (χ0v) is 9.53. The predicted octanol–water partition coefficient (Wildman–Crippen LogP) is 2.54. The van der Waals surface area contributed by atoms with Crippen LogP contribution in [0.2, 0.25) is 5.02 Å². The van der Waals surface area contributed by atoms with Gasteiger partial charge in [0.2, 0.25) is 0 Å². The number of hydrogen-bond acceptors (Lipinski definition) is 3. The molecular weight excluding hydrogens is 243 g/mol. The molecule has 0 saturated heterocycles. The normalized spacial score (nSPS) is 12.4. The van der Waals surface area contributed by atoms with E-state index >= 15 is 0 Å². The van der Waals surface area contributed by atoms with Crippen molar-refractivity contribution in [2.45, 2.75) is 6.10 Å².